The second-order valence-electron chi connectivity index (χ2n) is 5.58. The van der Waals surface area contributed by atoms with Gasteiger partial charge in [-0.3, -0.25) is 9.36 Å². The Labute approximate surface area is 132 Å². The summed E-state index contributed by atoms with van der Waals surface area (Å²) in [5, 5.41) is 12.3. The minimum absolute atomic E-state index is 0. The van der Waals surface area contributed by atoms with Crippen LogP contribution in [-0.2, 0) is 13.1 Å². The monoisotopic (exact) mass is 309 g/mol. The van der Waals surface area contributed by atoms with Crippen LogP contribution in [0.5, 0.6) is 0 Å². The Balaban J connectivity index is 0.00000161. The van der Waals surface area contributed by atoms with Crippen LogP contribution >= 0.6 is 12.4 Å². The second kappa shape index (κ2) is 6.98. The summed E-state index contributed by atoms with van der Waals surface area (Å²) in [6, 6.07) is 0.619. The lowest BCUT2D eigenvalue weighted by Crippen LogP contribution is -2.05. The SMILES string of the molecule is CCn1ncc(NCc2cnn(C3CCCC3)c2)c1C.Cl. The van der Waals surface area contributed by atoms with E-state index in [4.69, 9.17) is 0 Å². The minimum atomic E-state index is 0. The molecule has 5 nitrogen and oxygen atoms in total. The van der Waals surface area contributed by atoms with Gasteiger partial charge in [-0.15, -0.1) is 12.4 Å². The van der Waals surface area contributed by atoms with Gasteiger partial charge in [-0.1, -0.05) is 12.8 Å². The molecular weight excluding hydrogens is 286 g/mol. The number of anilines is 1. The van der Waals surface area contributed by atoms with Crippen molar-refractivity contribution >= 4 is 18.1 Å². The van der Waals surface area contributed by atoms with Crippen LogP contribution in [0, 0.1) is 6.92 Å². The van der Waals surface area contributed by atoms with Gasteiger partial charge in [0.05, 0.1) is 29.8 Å². The van der Waals surface area contributed by atoms with Crippen LogP contribution in [0.4, 0.5) is 5.69 Å². The van der Waals surface area contributed by atoms with Crippen molar-refractivity contribution in [3.05, 3.63) is 29.8 Å². The molecule has 0 unspecified atom stereocenters. The molecule has 1 aliphatic carbocycles. The standard InChI is InChI=1S/C15H23N5.ClH/c1-3-19-12(2)15(10-18-19)16-8-13-9-17-20(11-13)14-6-4-5-7-14;/h9-11,14,16H,3-8H2,1-2H3;1H. The van der Waals surface area contributed by atoms with Crippen molar-refractivity contribution in [2.45, 2.75) is 58.7 Å². The van der Waals surface area contributed by atoms with Crippen molar-refractivity contribution in [3.8, 4) is 0 Å². The molecule has 0 radical (unpaired) electrons. The highest BCUT2D eigenvalue weighted by Crippen LogP contribution is 2.28. The van der Waals surface area contributed by atoms with E-state index in [0.717, 1.165) is 18.8 Å². The van der Waals surface area contributed by atoms with Gasteiger partial charge in [0.2, 0.25) is 0 Å². The molecule has 0 amide bonds. The van der Waals surface area contributed by atoms with Crippen LogP contribution in [-0.4, -0.2) is 19.6 Å². The Morgan fingerprint density at radius 1 is 1.24 bits per heavy atom. The van der Waals surface area contributed by atoms with Gasteiger partial charge in [0.1, 0.15) is 0 Å². The molecule has 0 aliphatic heterocycles. The second-order valence-corrected chi connectivity index (χ2v) is 5.58. The molecule has 1 fully saturated rings. The molecule has 1 N–H and O–H groups in total. The molecule has 0 bridgehead atoms. The highest BCUT2D eigenvalue weighted by Gasteiger charge is 2.17. The first-order valence-corrected chi connectivity index (χ1v) is 7.57. The molecule has 0 spiro atoms. The van der Waals surface area contributed by atoms with Gasteiger partial charge < -0.3 is 5.32 Å². The largest absolute Gasteiger partial charge is 0.378 e. The van der Waals surface area contributed by atoms with Gasteiger partial charge in [-0.25, -0.2) is 0 Å². The molecule has 1 saturated carbocycles. The zero-order chi connectivity index (χ0) is 13.9. The molecule has 116 valence electrons. The molecule has 2 heterocycles. The highest BCUT2D eigenvalue weighted by atomic mass is 35.5. The Hall–Kier alpha value is -1.49. The maximum Gasteiger partial charge on any atom is 0.0758 e. The van der Waals surface area contributed by atoms with E-state index in [9.17, 15) is 0 Å². The topological polar surface area (TPSA) is 47.7 Å². The Kier molecular flexibility index (Phi) is 5.28. The Morgan fingerprint density at radius 2 is 2.00 bits per heavy atom. The van der Waals surface area contributed by atoms with Gasteiger partial charge >= 0.3 is 0 Å². The summed E-state index contributed by atoms with van der Waals surface area (Å²) in [5.74, 6) is 0. The van der Waals surface area contributed by atoms with Crippen LogP contribution in [0.2, 0.25) is 0 Å². The van der Waals surface area contributed by atoms with E-state index in [2.05, 4.69) is 40.2 Å². The van der Waals surface area contributed by atoms with Gasteiger partial charge in [0.15, 0.2) is 0 Å². The first-order chi connectivity index (χ1) is 9.78. The maximum absolute atomic E-state index is 4.51. The fraction of sp³-hybridized carbons (Fsp3) is 0.600. The molecule has 3 rings (SSSR count). The van der Waals surface area contributed by atoms with Crippen molar-refractivity contribution < 1.29 is 0 Å². The fourth-order valence-corrected chi connectivity index (χ4v) is 2.97. The van der Waals surface area contributed by atoms with Gasteiger partial charge in [0, 0.05) is 24.8 Å². The minimum Gasteiger partial charge on any atom is -0.378 e. The predicted molar refractivity (Wildman–Crippen MR) is 86.9 cm³/mol. The van der Waals surface area contributed by atoms with E-state index in [-0.39, 0.29) is 12.4 Å². The Bertz CT molecular complexity index is 568. The summed E-state index contributed by atoms with van der Waals surface area (Å²) in [5.41, 5.74) is 3.54. The zero-order valence-electron chi connectivity index (χ0n) is 12.7. The van der Waals surface area contributed by atoms with Gasteiger partial charge in [0.25, 0.3) is 0 Å². The average Bonchev–Trinajstić information content (AvgIpc) is 3.17. The van der Waals surface area contributed by atoms with Crippen LogP contribution in [0.3, 0.4) is 0 Å². The van der Waals surface area contributed by atoms with Crippen molar-refractivity contribution in [1.29, 1.82) is 0 Å². The molecule has 2 aromatic rings. The van der Waals surface area contributed by atoms with Crippen LogP contribution in [0.25, 0.3) is 0 Å². The van der Waals surface area contributed by atoms with E-state index in [1.54, 1.807) is 0 Å². The van der Waals surface area contributed by atoms with E-state index >= 15 is 0 Å². The first-order valence-electron chi connectivity index (χ1n) is 7.57. The number of nitrogens with zero attached hydrogens (tertiary/aromatic N) is 4. The third-order valence-corrected chi connectivity index (χ3v) is 4.24. The quantitative estimate of drug-likeness (QED) is 0.918. The molecule has 0 aromatic carbocycles. The lowest BCUT2D eigenvalue weighted by Gasteiger charge is -2.08. The van der Waals surface area contributed by atoms with Crippen molar-refractivity contribution in [2.75, 3.05) is 5.32 Å². The summed E-state index contributed by atoms with van der Waals surface area (Å²) in [7, 11) is 0. The number of aromatic nitrogens is 4. The van der Waals surface area contributed by atoms with Gasteiger partial charge in [-0.2, -0.15) is 10.2 Å². The van der Waals surface area contributed by atoms with E-state index in [1.165, 1.54) is 36.9 Å². The molecule has 6 heteroatoms. The lowest BCUT2D eigenvalue weighted by molar-refractivity contribution is 0.466. The highest BCUT2D eigenvalue weighted by molar-refractivity contribution is 5.85. The summed E-state index contributed by atoms with van der Waals surface area (Å²) < 4.78 is 4.15. The molecule has 1 aliphatic rings. The van der Waals surface area contributed by atoms with Crippen molar-refractivity contribution in [3.63, 3.8) is 0 Å². The van der Waals surface area contributed by atoms with E-state index < -0.39 is 0 Å². The van der Waals surface area contributed by atoms with Crippen molar-refractivity contribution in [1.82, 2.24) is 19.6 Å². The molecule has 2 aromatic heterocycles. The summed E-state index contributed by atoms with van der Waals surface area (Å²) in [6.45, 7) is 5.92. The average molecular weight is 310 g/mol. The number of hydrogen-bond acceptors (Lipinski definition) is 3. The third kappa shape index (κ3) is 3.40. The molecule has 0 saturated heterocycles. The first kappa shape index (κ1) is 15.9. The van der Waals surface area contributed by atoms with Crippen LogP contribution in [0.15, 0.2) is 18.6 Å². The third-order valence-electron chi connectivity index (χ3n) is 4.24. The van der Waals surface area contributed by atoms with E-state index in [0.29, 0.717) is 6.04 Å². The predicted octanol–water partition coefficient (Wildman–Crippen LogP) is 3.56. The normalized spacial score (nSPS) is 15.1. The van der Waals surface area contributed by atoms with E-state index in [1.807, 2.05) is 17.1 Å². The lowest BCUT2D eigenvalue weighted by atomic mass is 10.2. The van der Waals surface area contributed by atoms with Crippen LogP contribution in [0.1, 0.15) is 49.9 Å². The number of rotatable bonds is 5. The smallest absolute Gasteiger partial charge is 0.0758 e. The molecule has 0 atom stereocenters. The summed E-state index contributed by atoms with van der Waals surface area (Å²) in [4.78, 5) is 0. The number of aryl methyl sites for hydroxylation is 1. The summed E-state index contributed by atoms with van der Waals surface area (Å²) in [6.07, 6.45) is 11.3. The van der Waals surface area contributed by atoms with Crippen molar-refractivity contribution in [2.24, 2.45) is 0 Å². The van der Waals surface area contributed by atoms with Crippen LogP contribution < -0.4 is 5.32 Å². The Morgan fingerprint density at radius 3 is 2.67 bits per heavy atom. The number of halogens is 1. The molecular formula is C15H24ClN5. The number of hydrogen-bond donors (Lipinski definition) is 1. The van der Waals surface area contributed by atoms with Gasteiger partial charge in [-0.05, 0) is 26.7 Å². The summed E-state index contributed by atoms with van der Waals surface area (Å²) >= 11 is 0. The molecule has 21 heavy (non-hydrogen) atoms. The number of nitrogens with one attached hydrogen (secondary N) is 1. The fourth-order valence-electron chi connectivity index (χ4n) is 2.97. The zero-order valence-corrected chi connectivity index (χ0v) is 13.6. The maximum atomic E-state index is 4.51.